The fourth-order valence-electron chi connectivity index (χ4n) is 1.49. The maximum atomic E-state index is 10.7. The minimum Gasteiger partial charge on any atom is -0.369 e. The number of rotatable bonds is 1. The van der Waals surface area contributed by atoms with Crippen molar-refractivity contribution in [3.05, 3.63) is 0 Å². The van der Waals surface area contributed by atoms with Gasteiger partial charge in [-0.05, 0) is 19.3 Å². The molecular formula is C7H14N2O. The fraction of sp³-hybridized carbons (Fsp3) is 0.857. The van der Waals surface area contributed by atoms with Gasteiger partial charge in [-0.1, -0.05) is 6.42 Å². The van der Waals surface area contributed by atoms with E-state index in [-0.39, 0.29) is 17.9 Å². The molecule has 0 aromatic rings. The van der Waals surface area contributed by atoms with Crippen LogP contribution in [0.3, 0.4) is 0 Å². The lowest BCUT2D eigenvalue weighted by atomic mass is 9.86. The largest absolute Gasteiger partial charge is 0.369 e. The second kappa shape index (κ2) is 3.01. The van der Waals surface area contributed by atoms with Gasteiger partial charge in [0.1, 0.15) is 0 Å². The van der Waals surface area contributed by atoms with Crippen LogP contribution >= 0.6 is 0 Å². The Morgan fingerprint density at radius 3 is 2.50 bits per heavy atom. The Hall–Kier alpha value is -0.570. The summed E-state index contributed by atoms with van der Waals surface area (Å²) in [4.78, 5) is 10.7. The molecule has 0 aliphatic heterocycles. The van der Waals surface area contributed by atoms with Crippen LogP contribution in [-0.2, 0) is 4.79 Å². The molecule has 0 spiro atoms. The van der Waals surface area contributed by atoms with Crippen molar-refractivity contribution in [2.24, 2.45) is 17.4 Å². The van der Waals surface area contributed by atoms with Gasteiger partial charge in [-0.15, -0.1) is 0 Å². The van der Waals surface area contributed by atoms with Crippen LogP contribution < -0.4 is 11.5 Å². The van der Waals surface area contributed by atoms with E-state index in [2.05, 4.69) is 0 Å². The summed E-state index contributed by atoms with van der Waals surface area (Å²) < 4.78 is 0. The van der Waals surface area contributed by atoms with Crippen molar-refractivity contribution < 1.29 is 4.79 Å². The molecule has 1 fully saturated rings. The number of amides is 1. The molecule has 0 radical (unpaired) electrons. The van der Waals surface area contributed by atoms with Gasteiger partial charge >= 0.3 is 0 Å². The van der Waals surface area contributed by atoms with Crippen molar-refractivity contribution in [2.75, 3.05) is 0 Å². The van der Waals surface area contributed by atoms with Crippen LogP contribution in [0.25, 0.3) is 0 Å². The van der Waals surface area contributed by atoms with Crippen molar-refractivity contribution in [1.29, 1.82) is 0 Å². The molecule has 1 saturated carbocycles. The van der Waals surface area contributed by atoms with Crippen LogP contribution in [0, 0.1) is 5.92 Å². The van der Waals surface area contributed by atoms with Gasteiger partial charge in [-0.2, -0.15) is 0 Å². The maximum Gasteiger partial charge on any atom is 0.220 e. The Balaban J connectivity index is 2.39. The van der Waals surface area contributed by atoms with E-state index in [0.29, 0.717) is 0 Å². The summed E-state index contributed by atoms with van der Waals surface area (Å²) in [5.74, 6) is -0.140. The number of hydrogen-bond acceptors (Lipinski definition) is 2. The average molecular weight is 142 g/mol. The molecule has 0 aromatic heterocycles. The molecule has 1 aliphatic carbocycles. The highest BCUT2D eigenvalue weighted by atomic mass is 16.1. The van der Waals surface area contributed by atoms with Gasteiger partial charge < -0.3 is 11.5 Å². The lowest BCUT2D eigenvalue weighted by Crippen LogP contribution is -2.34. The highest BCUT2D eigenvalue weighted by Crippen LogP contribution is 2.22. The molecular weight excluding hydrogens is 128 g/mol. The molecule has 58 valence electrons. The van der Waals surface area contributed by atoms with Crippen molar-refractivity contribution in [2.45, 2.75) is 31.7 Å². The van der Waals surface area contributed by atoms with Crippen LogP contribution in [0.15, 0.2) is 0 Å². The van der Waals surface area contributed by atoms with Crippen molar-refractivity contribution in [3.8, 4) is 0 Å². The Morgan fingerprint density at radius 2 is 2.10 bits per heavy atom. The molecule has 2 atom stereocenters. The predicted molar refractivity (Wildman–Crippen MR) is 39.1 cm³/mol. The molecule has 4 N–H and O–H groups in total. The topological polar surface area (TPSA) is 69.1 Å². The third-order valence-corrected chi connectivity index (χ3v) is 2.12. The van der Waals surface area contributed by atoms with E-state index in [1.807, 2.05) is 0 Å². The van der Waals surface area contributed by atoms with E-state index in [1.165, 1.54) is 0 Å². The zero-order valence-corrected chi connectivity index (χ0v) is 6.05. The first-order valence-electron chi connectivity index (χ1n) is 3.75. The van der Waals surface area contributed by atoms with Crippen LogP contribution in [-0.4, -0.2) is 11.9 Å². The average Bonchev–Trinajstić information content (AvgIpc) is 1.88. The third-order valence-electron chi connectivity index (χ3n) is 2.12. The van der Waals surface area contributed by atoms with Gasteiger partial charge in [-0.25, -0.2) is 0 Å². The summed E-state index contributed by atoms with van der Waals surface area (Å²) in [6, 6.07) is 0.200. The quantitative estimate of drug-likeness (QED) is 0.540. The lowest BCUT2D eigenvalue weighted by molar-refractivity contribution is -0.122. The monoisotopic (exact) mass is 142 g/mol. The number of carbonyl (C=O) groups excluding carboxylic acids is 1. The van der Waals surface area contributed by atoms with E-state index in [0.717, 1.165) is 25.7 Å². The lowest BCUT2D eigenvalue weighted by Gasteiger charge is -2.23. The van der Waals surface area contributed by atoms with Gasteiger partial charge in [0.05, 0.1) is 0 Å². The number of primary amides is 1. The molecule has 10 heavy (non-hydrogen) atoms. The zero-order valence-electron chi connectivity index (χ0n) is 6.05. The van der Waals surface area contributed by atoms with E-state index >= 15 is 0 Å². The smallest absolute Gasteiger partial charge is 0.220 e. The molecule has 1 aliphatic rings. The zero-order chi connectivity index (χ0) is 7.56. The van der Waals surface area contributed by atoms with E-state index < -0.39 is 0 Å². The normalized spacial score (nSPS) is 33.7. The molecule has 1 amide bonds. The highest BCUT2D eigenvalue weighted by Gasteiger charge is 2.22. The predicted octanol–water partition coefficient (Wildman–Crippen LogP) is -0.0108. The summed E-state index contributed by atoms with van der Waals surface area (Å²) in [6.45, 7) is 0. The second-order valence-electron chi connectivity index (χ2n) is 3.03. The first kappa shape index (κ1) is 7.54. The van der Waals surface area contributed by atoms with Crippen LogP contribution in [0.4, 0.5) is 0 Å². The first-order valence-corrected chi connectivity index (χ1v) is 3.75. The molecule has 0 saturated heterocycles. The second-order valence-corrected chi connectivity index (χ2v) is 3.03. The number of nitrogens with two attached hydrogens (primary N) is 2. The van der Waals surface area contributed by atoms with Gasteiger partial charge in [0.15, 0.2) is 0 Å². The van der Waals surface area contributed by atoms with Gasteiger partial charge in [0, 0.05) is 12.0 Å². The van der Waals surface area contributed by atoms with E-state index in [4.69, 9.17) is 11.5 Å². The number of hydrogen-bond donors (Lipinski definition) is 2. The van der Waals surface area contributed by atoms with Crippen molar-refractivity contribution >= 4 is 5.91 Å². The summed E-state index contributed by atoms with van der Waals surface area (Å²) in [5.41, 5.74) is 10.8. The minimum atomic E-state index is -0.185. The van der Waals surface area contributed by atoms with Gasteiger partial charge in [-0.3, -0.25) is 4.79 Å². The van der Waals surface area contributed by atoms with Crippen LogP contribution in [0.5, 0.6) is 0 Å². The third kappa shape index (κ3) is 1.70. The van der Waals surface area contributed by atoms with Crippen molar-refractivity contribution in [3.63, 3.8) is 0 Å². The summed E-state index contributed by atoms with van der Waals surface area (Å²) >= 11 is 0. The molecule has 3 heteroatoms. The molecule has 2 unspecified atom stereocenters. The molecule has 3 nitrogen and oxygen atoms in total. The molecule has 0 aromatic carbocycles. The van der Waals surface area contributed by atoms with Gasteiger partial charge in [0.25, 0.3) is 0 Å². The molecule has 1 rings (SSSR count). The van der Waals surface area contributed by atoms with Crippen LogP contribution in [0.1, 0.15) is 25.7 Å². The fourth-order valence-corrected chi connectivity index (χ4v) is 1.49. The van der Waals surface area contributed by atoms with Gasteiger partial charge in [0.2, 0.25) is 5.91 Å². The Kier molecular flexibility index (Phi) is 2.27. The Morgan fingerprint density at radius 1 is 1.40 bits per heavy atom. The first-order chi connectivity index (χ1) is 4.70. The van der Waals surface area contributed by atoms with Crippen molar-refractivity contribution in [1.82, 2.24) is 0 Å². The SMILES string of the molecule is NC(=O)C1CCCC(N)C1. The number of carbonyl (C=O) groups is 1. The molecule has 0 bridgehead atoms. The highest BCUT2D eigenvalue weighted by molar-refractivity contribution is 5.76. The van der Waals surface area contributed by atoms with E-state index in [9.17, 15) is 4.79 Å². The maximum absolute atomic E-state index is 10.7. The summed E-state index contributed by atoms with van der Waals surface area (Å²) in [6.07, 6.45) is 3.82. The minimum absolute atomic E-state index is 0.0451. The molecule has 0 heterocycles. The Labute approximate surface area is 60.8 Å². The van der Waals surface area contributed by atoms with Crippen LogP contribution in [0.2, 0.25) is 0 Å². The summed E-state index contributed by atoms with van der Waals surface area (Å²) in [5, 5.41) is 0. The van der Waals surface area contributed by atoms with E-state index in [1.54, 1.807) is 0 Å². The standard InChI is InChI=1S/C7H14N2O/c8-6-3-1-2-5(4-6)7(9)10/h5-6H,1-4,8H2,(H2,9,10). The summed E-state index contributed by atoms with van der Waals surface area (Å²) in [7, 11) is 0. The Bertz CT molecular complexity index is 136.